The smallest absolute Gasteiger partial charge is 0.242 e. The van der Waals surface area contributed by atoms with E-state index >= 15 is 0 Å². The fourth-order valence-corrected chi connectivity index (χ4v) is 4.75. The Kier molecular flexibility index (Phi) is 6.35. The number of carbonyl (C=O) groups is 1. The van der Waals surface area contributed by atoms with Gasteiger partial charge in [-0.15, -0.1) is 0 Å². The van der Waals surface area contributed by atoms with Crippen LogP contribution < -0.4 is 5.73 Å². The number of aromatic amines is 2. The molecular weight excluding hydrogens is 468 g/mol. The van der Waals surface area contributed by atoms with Crippen molar-refractivity contribution in [2.45, 2.75) is 45.3 Å². The second-order valence-corrected chi connectivity index (χ2v) is 10.1. The van der Waals surface area contributed by atoms with E-state index in [2.05, 4.69) is 40.3 Å². The summed E-state index contributed by atoms with van der Waals surface area (Å²) in [7, 11) is 0. The first-order valence-electron chi connectivity index (χ1n) is 12.5. The molecule has 9 nitrogen and oxygen atoms in total. The van der Waals surface area contributed by atoms with Crippen molar-refractivity contribution in [1.29, 1.82) is 0 Å². The first kappa shape index (κ1) is 24.7. The van der Waals surface area contributed by atoms with Gasteiger partial charge in [0.05, 0.1) is 16.8 Å². The molecule has 37 heavy (non-hydrogen) atoms. The number of aryl methyl sites for hydroxylation is 1. The average Bonchev–Trinajstić information content (AvgIpc) is 3.54. The lowest BCUT2D eigenvalue weighted by Gasteiger charge is -2.33. The molecule has 5 rings (SSSR count). The highest BCUT2D eigenvalue weighted by atomic mass is 16.3. The lowest BCUT2D eigenvalue weighted by atomic mass is 9.97. The molecule has 0 saturated heterocycles. The van der Waals surface area contributed by atoms with E-state index in [1.807, 2.05) is 18.3 Å². The average molecular weight is 501 g/mol. The van der Waals surface area contributed by atoms with Crippen molar-refractivity contribution in [3.63, 3.8) is 0 Å². The van der Waals surface area contributed by atoms with Crippen LogP contribution in [0.1, 0.15) is 38.4 Å². The van der Waals surface area contributed by atoms with Crippen LogP contribution in [-0.2, 0) is 11.2 Å². The molecule has 0 aliphatic carbocycles. The summed E-state index contributed by atoms with van der Waals surface area (Å²) in [6.45, 7) is 6.08. The Morgan fingerprint density at radius 1 is 1.24 bits per heavy atom. The first-order valence-corrected chi connectivity index (χ1v) is 12.5. The van der Waals surface area contributed by atoms with Crippen LogP contribution in [0.3, 0.4) is 0 Å². The molecule has 1 aliphatic rings. The lowest BCUT2D eigenvalue weighted by Crippen LogP contribution is -2.55. The quantitative estimate of drug-likeness (QED) is 0.274. The summed E-state index contributed by atoms with van der Waals surface area (Å²) in [5.74, 6) is 0.619. The van der Waals surface area contributed by atoms with Gasteiger partial charge in [-0.05, 0) is 73.2 Å². The van der Waals surface area contributed by atoms with Gasteiger partial charge < -0.3 is 25.8 Å². The number of nitrogens with one attached hydrogen (secondary N) is 2. The van der Waals surface area contributed by atoms with E-state index in [-0.39, 0.29) is 11.7 Å². The van der Waals surface area contributed by atoms with E-state index in [0.717, 1.165) is 45.3 Å². The summed E-state index contributed by atoms with van der Waals surface area (Å²) in [6, 6.07) is 10.6. The summed E-state index contributed by atoms with van der Waals surface area (Å²) in [5.41, 5.74) is 11.2. The number of phenols is 1. The molecule has 1 atom stereocenters. The van der Waals surface area contributed by atoms with Crippen molar-refractivity contribution in [3.8, 4) is 28.4 Å². The third-order valence-electron chi connectivity index (χ3n) is 6.96. The molecule has 9 heteroatoms. The summed E-state index contributed by atoms with van der Waals surface area (Å²) < 4.78 is 0. The molecule has 1 aliphatic heterocycles. The van der Waals surface area contributed by atoms with Crippen molar-refractivity contribution in [2.24, 2.45) is 5.73 Å². The van der Waals surface area contributed by atoms with Crippen LogP contribution in [-0.4, -0.2) is 65.9 Å². The third kappa shape index (κ3) is 4.75. The number of nitrogens with zero attached hydrogens (tertiary/aromatic N) is 3. The van der Waals surface area contributed by atoms with E-state index in [1.165, 1.54) is 0 Å². The lowest BCUT2D eigenvalue weighted by molar-refractivity contribution is -0.137. The Balaban J connectivity index is 1.39. The standard InChI is InChI=1S/C28H32N6O3/c1-4-16-12-19(35)8-10-20(16)17-7-9-21-22(13-17)32-33-24(21)26-30-14-23(31-26)18-6-5-11-34(15-18)27(36)25(29)28(2,3)37/h6-10,12-14,25,35,37H,4-5,11,15,29H2,1-3H3,(H,30,31)(H,32,33)/t25-/m1/s1. The largest absolute Gasteiger partial charge is 0.508 e. The molecule has 2 aromatic heterocycles. The molecule has 0 saturated carbocycles. The molecule has 3 heterocycles. The van der Waals surface area contributed by atoms with E-state index in [1.54, 1.807) is 30.9 Å². The fraction of sp³-hybridized carbons (Fsp3) is 0.321. The summed E-state index contributed by atoms with van der Waals surface area (Å²) in [4.78, 5) is 22.5. The van der Waals surface area contributed by atoms with Crippen molar-refractivity contribution in [2.75, 3.05) is 13.1 Å². The van der Waals surface area contributed by atoms with E-state index in [0.29, 0.717) is 31.0 Å². The molecule has 2 aromatic carbocycles. The molecule has 0 unspecified atom stereocenters. The molecule has 4 aromatic rings. The van der Waals surface area contributed by atoms with Gasteiger partial charge in [0.25, 0.3) is 0 Å². The number of phenolic OH excluding ortho intramolecular Hbond substituents is 1. The number of rotatable bonds is 6. The molecule has 0 bridgehead atoms. The highest BCUT2D eigenvalue weighted by molar-refractivity contribution is 5.94. The topological polar surface area (TPSA) is 144 Å². The number of nitrogens with two attached hydrogens (primary N) is 1. The summed E-state index contributed by atoms with van der Waals surface area (Å²) in [6.07, 6.45) is 5.40. The van der Waals surface area contributed by atoms with Gasteiger partial charge in [0.15, 0.2) is 5.82 Å². The van der Waals surface area contributed by atoms with Crippen LogP contribution in [0.5, 0.6) is 5.75 Å². The predicted molar refractivity (Wildman–Crippen MR) is 144 cm³/mol. The number of fused-ring (bicyclic) bond motifs is 1. The van der Waals surface area contributed by atoms with Gasteiger partial charge in [-0.1, -0.05) is 25.1 Å². The zero-order valence-corrected chi connectivity index (χ0v) is 21.2. The number of aromatic nitrogens is 4. The Bertz CT molecular complexity index is 1490. The van der Waals surface area contributed by atoms with E-state index < -0.39 is 11.6 Å². The van der Waals surface area contributed by atoms with Gasteiger partial charge in [-0.3, -0.25) is 9.89 Å². The normalized spacial score (nSPS) is 15.2. The maximum Gasteiger partial charge on any atom is 0.242 e. The number of carbonyl (C=O) groups excluding carboxylic acids is 1. The number of hydrogen-bond donors (Lipinski definition) is 5. The molecule has 0 radical (unpaired) electrons. The minimum atomic E-state index is -1.29. The minimum Gasteiger partial charge on any atom is -0.508 e. The first-order chi connectivity index (χ1) is 17.7. The molecule has 6 N–H and O–H groups in total. The number of aromatic hydroxyl groups is 1. The zero-order chi connectivity index (χ0) is 26.3. The number of hydrogen-bond acceptors (Lipinski definition) is 6. The van der Waals surface area contributed by atoms with Crippen molar-refractivity contribution >= 4 is 22.4 Å². The Hall–Kier alpha value is -3.95. The molecule has 0 spiro atoms. The maximum atomic E-state index is 12.8. The van der Waals surface area contributed by atoms with Crippen molar-refractivity contribution in [3.05, 3.63) is 59.9 Å². The third-order valence-corrected chi connectivity index (χ3v) is 6.96. The van der Waals surface area contributed by atoms with Gasteiger partial charge in [0.2, 0.25) is 5.91 Å². The number of H-pyrrole nitrogens is 2. The number of benzene rings is 2. The summed E-state index contributed by atoms with van der Waals surface area (Å²) in [5, 5.41) is 28.6. The second-order valence-electron chi connectivity index (χ2n) is 10.1. The number of aliphatic hydroxyl groups is 1. The van der Waals surface area contributed by atoms with Crippen molar-refractivity contribution in [1.82, 2.24) is 25.1 Å². The van der Waals surface area contributed by atoms with Crippen LogP contribution in [0.15, 0.2) is 48.7 Å². The highest BCUT2D eigenvalue weighted by Crippen LogP contribution is 2.32. The van der Waals surface area contributed by atoms with Gasteiger partial charge in [-0.25, -0.2) is 4.98 Å². The van der Waals surface area contributed by atoms with Crippen LogP contribution in [0.2, 0.25) is 0 Å². The van der Waals surface area contributed by atoms with Crippen molar-refractivity contribution < 1.29 is 15.0 Å². The molecule has 1 amide bonds. The number of amides is 1. The van der Waals surface area contributed by atoms with Crippen LogP contribution >= 0.6 is 0 Å². The second kappa shape index (κ2) is 9.49. The fourth-order valence-electron chi connectivity index (χ4n) is 4.75. The SMILES string of the molecule is CCc1cc(O)ccc1-c1ccc2c(-c3nc(C4=CCCN(C(=O)[C@@H](N)C(C)(C)O)C4)c[nH]3)n[nH]c2c1. The zero-order valence-electron chi connectivity index (χ0n) is 21.2. The monoisotopic (exact) mass is 500 g/mol. The van der Waals surface area contributed by atoms with E-state index in [9.17, 15) is 15.0 Å². The molecule has 0 fully saturated rings. The Morgan fingerprint density at radius 2 is 2.05 bits per heavy atom. The van der Waals surface area contributed by atoms with Crippen LogP contribution in [0.4, 0.5) is 0 Å². The van der Waals surface area contributed by atoms with E-state index in [4.69, 9.17) is 10.7 Å². The summed E-state index contributed by atoms with van der Waals surface area (Å²) >= 11 is 0. The van der Waals surface area contributed by atoms with Crippen LogP contribution in [0.25, 0.3) is 39.1 Å². The minimum absolute atomic E-state index is 0.264. The van der Waals surface area contributed by atoms with Gasteiger partial charge in [-0.2, -0.15) is 5.10 Å². The number of imidazole rings is 1. The Morgan fingerprint density at radius 3 is 2.81 bits per heavy atom. The van der Waals surface area contributed by atoms with Gasteiger partial charge >= 0.3 is 0 Å². The van der Waals surface area contributed by atoms with Gasteiger partial charge in [0, 0.05) is 24.7 Å². The molecular formula is C28H32N6O3. The Labute approximate surface area is 215 Å². The van der Waals surface area contributed by atoms with Crippen LogP contribution in [0, 0.1) is 0 Å². The highest BCUT2D eigenvalue weighted by Gasteiger charge is 2.34. The van der Waals surface area contributed by atoms with Gasteiger partial charge in [0.1, 0.15) is 17.5 Å². The predicted octanol–water partition coefficient (Wildman–Crippen LogP) is 3.60. The maximum absolute atomic E-state index is 12.8. The molecule has 192 valence electrons.